The van der Waals surface area contributed by atoms with Gasteiger partial charge in [0.25, 0.3) is 5.56 Å². The van der Waals surface area contributed by atoms with Crippen molar-refractivity contribution >= 4 is 40.8 Å². The summed E-state index contributed by atoms with van der Waals surface area (Å²) in [5.74, 6) is -0.667. The Kier molecular flexibility index (Phi) is 6.13. The standard InChI is InChI=1S/C17H23N5O6S/c1-7(2)29-5-10-12(26-8(3)23)13(27-9(4)24)16(28-10)22-6-19-11-14(22)20-17(18)21-15(11)25/h6-7,10,12-13,16H,5H2,1-4H3,(H3,18,20,21,25)/t10-,12-,13-,16-/m1/s1. The number of esters is 2. The van der Waals surface area contributed by atoms with Crippen LogP contribution in [-0.2, 0) is 23.8 Å². The molecule has 1 aliphatic heterocycles. The van der Waals surface area contributed by atoms with E-state index in [4.69, 9.17) is 19.9 Å². The Balaban J connectivity index is 2.04. The van der Waals surface area contributed by atoms with Crippen LogP contribution in [0, 0.1) is 0 Å². The summed E-state index contributed by atoms with van der Waals surface area (Å²) < 4.78 is 18.5. The van der Waals surface area contributed by atoms with Crippen LogP contribution in [0.15, 0.2) is 11.1 Å². The van der Waals surface area contributed by atoms with Gasteiger partial charge >= 0.3 is 11.9 Å². The first kappa shape index (κ1) is 21.1. The third-order valence-corrected chi connectivity index (χ3v) is 5.40. The Morgan fingerprint density at radius 1 is 1.31 bits per heavy atom. The highest BCUT2D eigenvalue weighted by atomic mass is 32.2. The smallest absolute Gasteiger partial charge is 0.303 e. The second-order valence-electron chi connectivity index (χ2n) is 6.87. The number of carbonyl (C=O) groups excluding carboxylic acids is 2. The summed E-state index contributed by atoms with van der Waals surface area (Å²) in [5.41, 5.74) is 5.40. The number of imidazole rings is 1. The van der Waals surface area contributed by atoms with Gasteiger partial charge in [-0.1, -0.05) is 13.8 Å². The van der Waals surface area contributed by atoms with E-state index in [1.165, 1.54) is 24.7 Å². The molecule has 0 aromatic carbocycles. The Bertz CT molecular complexity index is 973. The lowest BCUT2D eigenvalue weighted by Gasteiger charge is -2.24. The minimum absolute atomic E-state index is 0.0633. The van der Waals surface area contributed by atoms with E-state index in [1.807, 2.05) is 13.8 Å². The lowest BCUT2D eigenvalue weighted by Crippen LogP contribution is -2.39. The van der Waals surface area contributed by atoms with Crippen LogP contribution in [0.4, 0.5) is 5.95 Å². The summed E-state index contributed by atoms with van der Waals surface area (Å²) in [6.45, 7) is 6.60. The summed E-state index contributed by atoms with van der Waals surface area (Å²) in [4.78, 5) is 46.1. The van der Waals surface area contributed by atoms with Gasteiger partial charge in [-0.25, -0.2) is 4.98 Å². The van der Waals surface area contributed by atoms with Crippen molar-refractivity contribution in [3.05, 3.63) is 16.7 Å². The number of hydrogen-bond acceptors (Lipinski definition) is 10. The number of carbonyl (C=O) groups is 2. The van der Waals surface area contributed by atoms with Crippen molar-refractivity contribution in [2.75, 3.05) is 11.5 Å². The van der Waals surface area contributed by atoms with Crippen molar-refractivity contribution in [2.45, 2.75) is 57.5 Å². The van der Waals surface area contributed by atoms with Crippen molar-refractivity contribution < 1.29 is 23.8 Å². The van der Waals surface area contributed by atoms with Crippen LogP contribution < -0.4 is 11.3 Å². The third-order valence-electron chi connectivity index (χ3n) is 4.21. The number of hydrogen-bond donors (Lipinski definition) is 2. The summed E-state index contributed by atoms with van der Waals surface area (Å²) in [6.07, 6.45) is -1.87. The van der Waals surface area contributed by atoms with Gasteiger partial charge in [0, 0.05) is 19.6 Å². The van der Waals surface area contributed by atoms with E-state index in [-0.39, 0.29) is 17.1 Å². The maximum absolute atomic E-state index is 12.1. The Morgan fingerprint density at radius 2 is 1.97 bits per heavy atom. The molecule has 0 spiro atoms. The number of rotatable bonds is 6. The predicted octanol–water partition coefficient (Wildman–Crippen LogP) is 0.604. The van der Waals surface area contributed by atoms with Crippen LogP contribution in [0.1, 0.15) is 33.9 Å². The number of nitrogen functional groups attached to an aromatic ring is 1. The molecule has 1 aliphatic rings. The molecule has 0 unspecified atom stereocenters. The number of nitrogens with zero attached hydrogens (tertiary/aromatic N) is 3. The Hall–Kier alpha value is -2.60. The molecule has 12 heteroatoms. The van der Waals surface area contributed by atoms with Crippen LogP contribution in [0.3, 0.4) is 0 Å². The molecule has 4 atom stereocenters. The second-order valence-corrected chi connectivity index (χ2v) is 8.48. The fourth-order valence-corrected chi connectivity index (χ4v) is 3.98. The van der Waals surface area contributed by atoms with Gasteiger partial charge in [-0.3, -0.25) is 23.9 Å². The summed E-state index contributed by atoms with van der Waals surface area (Å²) in [6, 6.07) is 0. The molecule has 1 fully saturated rings. The van der Waals surface area contributed by atoms with Gasteiger partial charge in [0.15, 0.2) is 29.6 Å². The minimum atomic E-state index is -0.950. The summed E-state index contributed by atoms with van der Waals surface area (Å²) in [5, 5.41) is 0.317. The summed E-state index contributed by atoms with van der Waals surface area (Å²) >= 11 is 1.62. The van der Waals surface area contributed by atoms with Gasteiger partial charge in [0.1, 0.15) is 6.10 Å². The number of nitrogens with two attached hydrogens (primary N) is 1. The normalized spacial score (nSPS) is 24.2. The molecule has 3 N–H and O–H groups in total. The van der Waals surface area contributed by atoms with Crippen LogP contribution >= 0.6 is 11.8 Å². The van der Waals surface area contributed by atoms with Crippen molar-refractivity contribution in [2.24, 2.45) is 0 Å². The molecule has 0 aliphatic carbocycles. The van der Waals surface area contributed by atoms with E-state index >= 15 is 0 Å². The quantitative estimate of drug-likeness (QED) is 0.629. The zero-order chi connectivity index (χ0) is 21.3. The number of aromatic nitrogens is 4. The molecule has 0 bridgehead atoms. The van der Waals surface area contributed by atoms with E-state index in [0.29, 0.717) is 11.0 Å². The average molecular weight is 425 g/mol. The molecule has 158 valence electrons. The van der Waals surface area contributed by atoms with Crippen LogP contribution in [0.2, 0.25) is 0 Å². The van der Waals surface area contributed by atoms with E-state index in [0.717, 1.165) is 0 Å². The number of thioether (sulfide) groups is 1. The first-order valence-electron chi connectivity index (χ1n) is 9.01. The maximum Gasteiger partial charge on any atom is 0.303 e. The van der Waals surface area contributed by atoms with Crippen molar-refractivity contribution in [1.82, 2.24) is 19.5 Å². The van der Waals surface area contributed by atoms with E-state index in [9.17, 15) is 14.4 Å². The molecule has 1 saturated heterocycles. The van der Waals surface area contributed by atoms with Crippen molar-refractivity contribution in [3.63, 3.8) is 0 Å². The topological polar surface area (TPSA) is 151 Å². The Labute approximate surface area is 170 Å². The number of aromatic amines is 1. The molecule has 3 heterocycles. The van der Waals surface area contributed by atoms with E-state index in [2.05, 4.69) is 15.0 Å². The summed E-state index contributed by atoms with van der Waals surface area (Å²) in [7, 11) is 0. The fourth-order valence-electron chi connectivity index (χ4n) is 3.13. The second kappa shape index (κ2) is 8.41. The van der Waals surface area contributed by atoms with Gasteiger partial charge < -0.3 is 19.9 Å². The van der Waals surface area contributed by atoms with E-state index in [1.54, 1.807) is 11.8 Å². The minimum Gasteiger partial charge on any atom is -0.456 e. The number of fused-ring (bicyclic) bond motifs is 1. The van der Waals surface area contributed by atoms with Crippen molar-refractivity contribution in [1.29, 1.82) is 0 Å². The zero-order valence-corrected chi connectivity index (χ0v) is 17.3. The number of anilines is 1. The predicted molar refractivity (Wildman–Crippen MR) is 105 cm³/mol. The fraction of sp³-hybridized carbons (Fsp3) is 0.588. The monoisotopic (exact) mass is 425 g/mol. The lowest BCUT2D eigenvalue weighted by molar-refractivity contribution is -0.165. The van der Waals surface area contributed by atoms with Gasteiger partial charge in [0.2, 0.25) is 5.95 Å². The van der Waals surface area contributed by atoms with Gasteiger partial charge in [-0.15, -0.1) is 0 Å². The number of ether oxygens (including phenoxy) is 3. The van der Waals surface area contributed by atoms with Crippen LogP contribution in [0.25, 0.3) is 11.2 Å². The molecular formula is C17H23N5O6S. The molecule has 0 amide bonds. The highest BCUT2D eigenvalue weighted by Crippen LogP contribution is 2.37. The van der Waals surface area contributed by atoms with Gasteiger partial charge in [-0.2, -0.15) is 16.7 Å². The first-order valence-corrected chi connectivity index (χ1v) is 10.1. The molecule has 0 radical (unpaired) electrons. The number of nitrogens with one attached hydrogen (secondary N) is 1. The van der Waals surface area contributed by atoms with Gasteiger partial charge in [0.05, 0.1) is 6.33 Å². The Morgan fingerprint density at radius 3 is 2.59 bits per heavy atom. The highest BCUT2D eigenvalue weighted by Gasteiger charge is 2.50. The maximum atomic E-state index is 12.1. The molecule has 0 saturated carbocycles. The third kappa shape index (κ3) is 4.53. The van der Waals surface area contributed by atoms with E-state index < -0.39 is 42.0 Å². The molecule has 11 nitrogen and oxygen atoms in total. The molecule has 2 aromatic heterocycles. The average Bonchev–Trinajstić information content (AvgIpc) is 3.15. The van der Waals surface area contributed by atoms with Gasteiger partial charge in [-0.05, 0) is 5.25 Å². The van der Waals surface area contributed by atoms with Crippen LogP contribution in [-0.4, -0.2) is 60.8 Å². The first-order chi connectivity index (χ1) is 13.7. The van der Waals surface area contributed by atoms with Crippen LogP contribution in [0.5, 0.6) is 0 Å². The molecule has 29 heavy (non-hydrogen) atoms. The lowest BCUT2D eigenvalue weighted by atomic mass is 10.1. The molecule has 2 aromatic rings. The zero-order valence-electron chi connectivity index (χ0n) is 16.4. The largest absolute Gasteiger partial charge is 0.456 e. The van der Waals surface area contributed by atoms with Crippen molar-refractivity contribution in [3.8, 4) is 0 Å². The number of H-pyrrole nitrogens is 1. The SMILES string of the molecule is CC(=O)O[C@@H]1[C@H](OC(C)=O)[C@@H](CSC(C)C)O[C@H]1n1cnc2c(=O)[nH]c(N)nc21. The molecular weight excluding hydrogens is 402 g/mol. The highest BCUT2D eigenvalue weighted by molar-refractivity contribution is 7.99. The molecule has 3 rings (SSSR count).